The molecule has 0 N–H and O–H groups in total. The van der Waals surface area contributed by atoms with Crippen LogP contribution in [0.15, 0.2) is 0 Å². The minimum Gasteiger partial charge on any atom is -0.357 e. The summed E-state index contributed by atoms with van der Waals surface area (Å²) in [6.07, 6.45) is 2.20. The van der Waals surface area contributed by atoms with Gasteiger partial charge in [0.15, 0.2) is 0 Å². The van der Waals surface area contributed by atoms with Gasteiger partial charge >= 0.3 is 0 Å². The summed E-state index contributed by atoms with van der Waals surface area (Å²) < 4.78 is 4.36. The van der Waals surface area contributed by atoms with Crippen LogP contribution in [0.2, 0.25) is 0 Å². The Hall–Kier alpha value is -0.110. The van der Waals surface area contributed by atoms with E-state index in [1.165, 1.54) is 0 Å². The van der Waals surface area contributed by atoms with E-state index < -0.39 is 0 Å². The summed E-state index contributed by atoms with van der Waals surface area (Å²) in [5.74, 6) is 1.07. The molecule has 1 rings (SSSR count). The predicted molar refractivity (Wildman–Crippen MR) is 21.6 cm³/mol. The van der Waals surface area contributed by atoms with Gasteiger partial charge in [0.1, 0.15) is 0 Å². The molecule has 0 aromatic rings. The zero-order valence-electron chi connectivity index (χ0n) is 2.73. The molecule has 0 bridgehead atoms. The number of hydrogen-bond donors (Lipinski definition) is 0. The molecule has 0 radical (unpaired) electrons. The fraction of sp³-hybridized carbons (Fsp3) is 0.667. The molecule has 1 aliphatic rings. The van der Waals surface area contributed by atoms with E-state index in [9.17, 15) is 0 Å². The molecule has 0 heterocycles. The Labute approximate surface area is 36.3 Å². The monoisotopic (exact) mass is 88.0 g/mol. The summed E-state index contributed by atoms with van der Waals surface area (Å²) in [6.45, 7) is 0. The molecule has 0 amide bonds. The van der Waals surface area contributed by atoms with Gasteiger partial charge in [0.2, 0.25) is 0 Å². The topological polar surface area (TPSA) is 11.3 Å². The second kappa shape index (κ2) is 0.937. The maximum atomic E-state index is 4.36. The second-order valence-corrected chi connectivity index (χ2v) is 1.29. The molecule has 0 aromatic carbocycles. The van der Waals surface area contributed by atoms with Crippen molar-refractivity contribution in [3.8, 4) is 0 Å². The average molecular weight is 88.1 g/mol. The normalized spacial score (nSPS) is 18.8. The highest BCUT2D eigenvalue weighted by molar-refractivity contribution is 7.50. The first kappa shape index (κ1) is 3.09. The third kappa shape index (κ3) is 0.581. The van der Waals surface area contributed by atoms with Crippen LogP contribution in [0.4, 0.5) is 0 Å². The van der Waals surface area contributed by atoms with Crippen LogP contribution in [-0.4, -0.2) is 5.78 Å². The Balaban J connectivity index is 2.46. The molecular formula is C3H4OS. The minimum absolute atomic E-state index is 1.07. The maximum Gasteiger partial charge on any atom is 0.278 e. The predicted octanol–water partition coefficient (Wildman–Crippen LogP) is 0.347. The molecular weight excluding hydrogens is 84.1 g/mol. The third-order valence-corrected chi connectivity index (χ3v) is 0.808. The highest BCUT2D eigenvalue weighted by Crippen LogP contribution is 2.10. The molecule has 0 aliphatic heterocycles. The van der Waals surface area contributed by atoms with E-state index in [1.807, 2.05) is 0 Å². The van der Waals surface area contributed by atoms with Crippen LogP contribution in [0.1, 0.15) is 12.8 Å². The van der Waals surface area contributed by atoms with E-state index >= 15 is 0 Å². The van der Waals surface area contributed by atoms with Gasteiger partial charge in [-0.15, -0.1) is 0 Å². The van der Waals surface area contributed by atoms with Crippen molar-refractivity contribution in [2.75, 3.05) is 0 Å². The van der Waals surface area contributed by atoms with Crippen LogP contribution >= 0.6 is 0 Å². The van der Waals surface area contributed by atoms with Gasteiger partial charge in [-0.05, 0) is 0 Å². The number of hydrogen-bond acceptors (Lipinski definition) is 1. The summed E-state index contributed by atoms with van der Waals surface area (Å²) in [5, 5.41) is 0. The van der Waals surface area contributed by atoms with Gasteiger partial charge in [-0.1, -0.05) is 0 Å². The largest absolute Gasteiger partial charge is 0.357 e. The Morgan fingerprint density at radius 1 is 1.60 bits per heavy atom. The van der Waals surface area contributed by atoms with Crippen molar-refractivity contribution in [2.24, 2.45) is 0 Å². The fourth-order valence-electron chi connectivity index (χ4n) is 0.134. The standard InChI is InChI=1S/C3H4OS/c5-4-3-1-2-3/h1-2H2. The molecule has 0 atom stereocenters. The summed E-state index contributed by atoms with van der Waals surface area (Å²) >= 11 is 4.20. The van der Waals surface area contributed by atoms with Crippen molar-refractivity contribution < 1.29 is 3.87 Å². The molecule has 0 unspecified atom stereocenters. The lowest BCUT2D eigenvalue weighted by Crippen LogP contribution is -1.61. The Bertz CT molecular complexity index is 61.3. The molecule has 0 aromatic heterocycles. The fourth-order valence-corrected chi connectivity index (χ4v) is 0.301. The maximum absolute atomic E-state index is 4.36. The molecule has 5 heavy (non-hydrogen) atoms. The smallest absolute Gasteiger partial charge is 0.278 e. The first-order valence-corrected chi connectivity index (χ1v) is 1.91. The number of carbonyl (C=O) groups excluding carboxylic acids is 1. The van der Waals surface area contributed by atoms with Crippen LogP contribution in [0, 0.1) is 0 Å². The molecule has 2 heteroatoms. The number of rotatable bonds is 0. The molecule has 1 saturated carbocycles. The SMILES string of the molecule is [S-][O+]=C1CC1. The van der Waals surface area contributed by atoms with E-state index in [0.717, 1.165) is 18.6 Å². The lowest BCUT2D eigenvalue weighted by Gasteiger charge is -1.56. The van der Waals surface area contributed by atoms with Gasteiger partial charge in [0.05, 0.1) is 12.8 Å². The van der Waals surface area contributed by atoms with Gasteiger partial charge < -0.3 is 3.87 Å². The van der Waals surface area contributed by atoms with Crippen molar-refractivity contribution in [1.82, 2.24) is 0 Å². The zero-order chi connectivity index (χ0) is 3.70. The van der Waals surface area contributed by atoms with E-state index in [1.54, 1.807) is 0 Å². The van der Waals surface area contributed by atoms with Gasteiger partial charge in [0, 0.05) is 0 Å². The summed E-state index contributed by atoms with van der Waals surface area (Å²) in [5.41, 5.74) is 0. The molecule has 1 nitrogen and oxygen atoms in total. The van der Waals surface area contributed by atoms with E-state index in [-0.39, 0.29) is 0 Å². The average Bonchev–Trinajstić information content (AvgIpc) is 2.12. The Morgan fingerprint density at radius 2 is 2.20 bits per heavy atom. The first-order chi connectivity index (χ1) is 2.43. The van der Waals surface area contributed by atoms with Crippen LogP contribution in [0.25, 0.3) is 0 Å². The van der Waals surface area contributed by atoms with Crippen molar-refractivity contribution in [2.45, 2.75) is 12.8 Å². The van der Waals surface area contributed by atoms with Gasteiger partial charge in [0.25, 0.3) is 5.78 Å². The van der Waals surface area contributed by atoms with Crippen LogP contribution in [0.5, 0.6) is 0 Å². The molecule has 1 fully saturated rings. The van der Waals surface area contributed by atoms with Crippen molar-refractivity contribution in [3.63, 3.8) is 0 Å². The highest BCUT2D eigenvalue weighted by atomic mass is 32.1. The summed E-state index contributed by atoms with van der Waals surface area (Å²) in [7, 11) is 0. The quantitative estimate of drug-likeness (QED) is 0.307. The van der Waals surface area contributed by atoms with Crippen LogP contribution in [-0.2, 0) is 16.8 Å². The van der Waals surface area contributed by atoms with E-state index in [4.69, 9.17) is 0 Å². The summed E-state index contributed by atoms with van der Waals surface area (Å²) in [4.78, 5) is 0. The number of ketones is 1. The molecule has 28 valence electrons. The molecule has 0 saturated heterocycles. The van der Waals surface area contributed by atoms with Crippen molar-refractivity contribution >= 4 is 18.7 Å². The Kier molecular flexibility index (Phi) is 0.580. The summed E-state index contributed by atoms with van der Waals surface area (Å²) in [6, 6.07) is 0. The van der Waals surface area contributed by atoms with Crippen LogP contribution < -0.4 is 0 Å². The van der Waals surface area contributed by atoms with E-state index in [2.05, 4.69) is 16.8 Å². The lowest BCUT2D eigenvalue weighted by atomic mass is 10.9. The van der Waals surface area contributed by atoms with E-state index in [0.29, 0.717) is 0 Å². The van der Waals surface area contributed by atoms with Crippen LogP contribution in [0.3, 0.4) is 0 Å². The van der Waals surface area contributed by atoms with Crippen molar-refractivity contribution in [3.05, 3.63) is 0 Å². The van der Waals surface area contributed by atoms with Gasteiger partial charge in [-0.25, -0.2) is 12.9 Å². The third-order valence-electron chi connectivity index (χ3n) is 0.572. The van der Waals surface area contributed by atoms with Gasteiger partial charge in [-0.3, -0.25) is 0 Å². The zero-order valence-corrected chi connectivity index (χ0v) is 3.55. The Morgan fingerprint density at radius 3 is 2.20 bits per heavy atom. The second-order valence-electron chi connectivity index (χ2n) is 1.12. The molecule has 1 aliphatic carbocycles. The van der Waals surface area contributed by atoms with Crippen molar-refractivity contribution in [1.29, 1.82) is 0 Å². The van der Waals surface area contributed by atoms with Gasteiger partial charge in [-0.2, -0.15) is 0 Å². The minimum atomic E-state index is 1.07. The lowest BCUT2D eigenvalue weighted by molar-refractivity contribution is -0.238. The highest BCUT2D eigenvalue weighted by Gasteiger charge is 2.23. The first-order valence-electron chi connectivity index (χ1n) is 1.58. The molecule has 0 spiro atoms.